The molecule has 3 aromatic rings. The predicted molar refractivity (Wildman–Crippen MR) is 136 cm³/mol. The zero-order valence-corrected chi connectivity index (χ0v) is 20.0. The van der Waals surface area contributed by atoms with E-state index in [2.05, 4.69) is 80.8 Å². The molecule has 1 atom stereocenters. The van der Waals surface area contributed by atoms with Gasteiger partial charge in [-0.1, -0.05) is 60.7 Å². The minimum absolute atomic E-state index is 0.0618. The van der Waals surface area contributed by atoms with E-state index in [1.807, 2.05) is 19.2 Å². The zero-order valence-electron chi connectivity index (χ0n) is 20.0. The molecule has 2 aromatic carbocycles. The summed E-state index contributed by atoms with van der Waals surface area (Å²) in [6, 6.07) is 23.7. The molecule has 5 rings (SSSR count). The first-order valence-electron chi connectivity index (χ1n) is 12.5. The van der Waals surface area contributed by atoms with Crippen LogP contribution < -0.4 is 5.32 Å². The number of fused-ring (bicyclic) bond motifs is 1. The number of hydrogen-bond acceptors (Lipinski definition) is 3. The fourth-order valence-corrected chi connectivity index (χ4v) is 5.42. The van der Waals surface area contributed by atoms with Crippen LogP contribution in [0.25, 0.3) is 0 Å². The number of urea groups is 1. The molecule has 1 N–H and O–H groups in total. The molecule has 2 aliphatic heterocycles. The number of carbonyl (C=O) groups is 1. The van der Waals surface area contributed by atoms with Crippen LogP contribution in [0.15, 0.2) is 72.9 Å². The Labute approximate surface area is 202 Å². The topological polar surface area (TPSA) is 48.5 Å². The third-order valence-electron chi connectivity index (χ3n) is 7.21. The summed E-state index contributed by atoms with van der Waals surface area (Å²) < 4.78 is 0. The first-order valence-corrected chi connectivity index (χ1v) is 12.5. The molecule has 0 bridgehead atoms. The van der Waals surface area contributed by atoms with Crippen molar-refractivity contribution in [2.24, 2.45) is 0 Å². The summed E-state index contributed by atoms with van der Waals surface area (Å²) in [7, 11) is 0. The van der Waals surface area contributed by atoms with Crippen molar-refractivity contribution in [3.63, 3.8) is 0 Å². The van der Waals surface area contributed by atoms with Crippen LogP contribution in [-0.2, 0) is 13.0 Å². The summed E-state index contributed by atoms with van der Waals surface area (Å²) >= 11 is 0. The maximum absolute atomic E-state index is 13.6. The molecule has 1 fully saturated rings. The molecule has 3 heterocycles. The minimum Gasteiger partial charge on any atom is -0.338 e. The Morgan fingerprint density at radius 3 is 2.50 bits per heavy atom. The fraction of sp³-hybridized carbons (Fsp3) is 0.379. The number of carbonyl (C=O) groups excluding carboxylic acids is 1. The second kappa shape index (κ2) is 10.4. The van der Waals surface area contributed by atoms with Gasteiger partial charge >= 0.3 is 6.03 Å². The third kappa shape index (κ3) is 5.00. The first kappa shape index (κ1) is 22.6. The van der Waals surface area contributed by atoms with E-state index in [1.165, 1.54) is 22.3 Å². The lowest BCUT2D eigenvalue weighted by Gasteiger charge is -2.43. The molecule has 5 heteroatoms. The number of aryl methyl sites for hydroxylation is 2. The van der Waals surface area contributed by atoms with Gasteiger partial charge in [0, 0.05) is 44.1 Å². The van der Waals surface area contributed by atoms with Crippen LogP contribution in [0.2, 0.25) is 0 Å². The van der Waals surface area contributed by atoms with Crippen LogP contribution in [-0.4, -0.2) is 46.5 Å². The standard InChI is InChI=1S/C29H34N4O/c1-22-13-14-23(20-31-22)21-32-18-15-26(16-19-32)33-28(25-9-3-2-4-10-25)27-12-6-5-8-24(27)11-7-17-30-29(33)34/h2-6,8-10,12-14,20,26,28H,7,11,15-19,21H2,1H3,(H,30,34). The Bertz CT molecular complexity index is 1090. The summed E-state index contributed by atoms with van der Waals surface area (Å²) in [6.45, 7) is 5.60. The maximum atomic E-state index is 13.6. The molecular weight excluding hydrogens is 420 g/mol. The van der Waals surface area contributed by atoms with Crippen LogP contribution in [0.3, 0.4) is 0 Å². The number of piperidine rings is 1. The van der Waals surface area contributed by atoms with Crippen molar-refractivity contribution in [3.8, 4) is 0 Å². The van der Waals surface area contributed by atoms with Crippen molar-refractivity contribution in [1.82, 2.24) is 20.1 Å². The van der Waals surface area contributed by atoms with E-state index in [1.54, 1.807) is 0 Å². The van der Waals surface area contributed by atoms with Gasteiger partial charge in [0.15, 0.2) is 0 Å². The molecule has 1 saturated heterocycles. The lowest BCUT2D eigenvalue weighted by Crippen LogP contribution is -2.52. The van der Waals surface area contributed by atoms with Gasteiger partial charge in [0.1, 0.15) is 0 Å². The van der Waals surface area contributed by atoms with Gasteiger partial charge in [0.2, 0.25) is 0 Å². The van der Waals surface area contributed by atoms with Crippen molar-refractivity contribution in [1.29, 1.82) is 0 Å². The second-order valence-corrected chi connectivity index (χ2v) is 9.57. The quantitative estimate of drug-likeness (QED) is 0.597. The van der Waals surface area contributed by atoms with Gasteiger partial charge in [0.25, 0.3) is 0 Å². The van der Waals surface area contributed by atoms with E-state index in [4.69, 9.17) is 0 Å². The highest BCUT2D eigenvalue weighted by atomic mass is 16.2. The average molecular weight is 455 g/mol. The summed E-state index contributed by atoms with van der Waals surface area (Å²) in [5, 5.41) is 3.23. The van der Waals surface area contributed by atoms with Gasteiger partial charge in [0.05, 0.1) is 6.04 Å². The second-order valence-electron chi connectivity index (χ2n) is 9.57. The monoisotopic (exact) mass is 454 g/mol. The number of rotatable bonds is 4. The minimum atomic E-state index is -0.0756. The number of nitrogens with zero attached hydrogens (tertiary/aromatic N) is 3. The lowest BCUT2D eigenvalue weighted by molar-refractivity contribution is 0.101. The van der Waals surface area contributed by atoms with Crippen LogP contribution in [0.5, 0.6) is 0 Å². The number of benzene rings is 2. The molecule has 5 nitrogen and oxygen atoms in total. The number of amides is 2. The molecule has 34 heavy (non-hydrogen) atoms. The lowest BCUT2D eigenvalue weighted by atomic mass is 9.89. The van der Waals surface area contributed by atoms with E-state index >= 15 is 0 Å². The highest BCUT2D eigenvalue weighted by Gasteiger charge is 2.36. The number of nitrogens with one attached hydrogen (secondary N) is 1. The van der Waals surface area contributed by atoms with E-state index in [9.17, 15) is 4.79 Å². The van der Waals surface area contributed by atoms with Crippen LogP contribution >= 0.6 is 0 Å². The largest absolute Gasteiger partial charge is 0.338 e. The van der Waals surface area contributed by atoms with Crippen molar-refractivity contribution in [2.75, 3.05) is 19.6 Å². The summed E-state index contributed by atoms with van der Waals surface area (Å²) in [6.07, 6.45) is 5.87. The molecule has 1 unspecified atom stereocenters. The van der Waals surface area contributed by atoms with Crippen molar-refractivity contribution < 1.29 is 4.79 Å². The number of hydrogen-bond donors (Lipinski definition) is 1. The molecule has 2 aliphatic rings. The zero-order chi connectivity index (χ0) is 23.3. The Hall–Kier alpha value is -3.18. The number of aromatic nitrogens is 1. The molecular formula is C29H34N4O. The van der Waals surface area contributed by atoms with E-state index in [0.717, 1.165) is 51.0 Å². The molecule has 0 spiro atoms. The number of pyridine rings is 1. The molecule has 0 saturated carbocycles. The average Bonchev–Trinajstić information content (AvgIpc) is 2.94. The Kier molecular flexibility index (Phi) is 6.91. The van der Waals surface area contributed by atoms with Crippen molar-refractivity contribution in [2.45, 2.75) is 51.2 Å². The van der Waals surface area contributed by atoms with E-state index in [0.29, 0.717) is 6.54 Å². The highest BCUT2D eigenvalue weighted by molar-refractivity contribution is 5.76. The first-order chi connectivity index (χ1) is 16.7. The normalized spacial score (nSPS) is 20.1. The van der Waals surface area contributed by atoms with Gasteiger partial charge in [-0.25, -0.2) is 4.79 Å². The summed E-state index contributed by atoms with van der Waals surface area (Å²) in [4.78, 5) is 22.7. The molecule has 176 valence electrons. The van der Waals surface area contributed by atoms with Crippen LogP contribution in [0, 0.1) is 6.92 Å². The maximum Gasteiger partial charge on any atom is 0.318 e. The van der Waals surface area contributed by atoms with E-state index in [-0.39, 0.29) is 18.1 Å². The Morgan fingerprint density at radius 1 is 0.971 bits per heavy atom. The molecule has 0 radical (unpaired) electrons. The van der Waals surface area contributed by atoms with Crippen LogP contribution in [0.1, 0.15) is 53.3 Å². The van der Waals surface area contributed by atoms with Crippen molar-refractivity contribution in [3.05, 3.63) is 101 Å². The Balaban J connectivity index is 1.42. The van der Waals surface area contributed by atoms with Gasteiger partial charge in [-0.3, -0.25) is 9.88 Å². The highest BCUT2D eigenvalue weighted by Crippen LogP contribution is 2.36. The summed E-state index contributed by atoms with van der Waals surface area (Å²) in [5.74, 6) is 0. The van der Waals surface area contributed by atoms with Gasteiger partial charge in [-0.2, -0.15) is 0 Å². The summed E-state index contributed by atoms with van der Waals surface area (Å²) in [5.41, 5.74) is 6.09. The van der Waals surface area contributed by atoms with Gasteiger partial charge in [-0.05, 0) is 60.9 Å². The molecule has 0 aliphatic carbocycles. The number of likely N-dealkylation sites (tertiary alicyclic amines) is 1. The van der Waals surface area contributed by atoms with Gasteiger partial charge < -0.3 is 10.2 Å². The van der Waals surface area contributed by atoms with Crippen molar-refractivity contribution >= 4 is 6.03 Å². The SMILES string of the molecule is Cc1ccc(CN2CCC(N3C(=O)NCCCc4ccccc4C3c3ccccc3)CC2)cn1. The van der Waals surface area contributed by atoms with Crippen LogP contribution in [0.4, 0.5) is 4.79 Å². The van der Waals surface area contributed by atoms with E-state index < -0.39 is 0 Å². The van der Waals surface area contributed by atoms with Gasteiger partial charge in [-0.15, -0.1) is 0 Å². The molecule has 1 aromatic heterocycles. The third-order valence-corrected chi connectivity index (χ3v) is 7.21. The fourth-order valence-electron chi connectivity index (χ4n) is 5.42. The predicted octanol–water partition coefficient (Wildman–Crippen LogP) is 5.10. The molecule has 2 amide bonds. The Morgan fingerprint density at radius 2 is 1.74 bits per heavy atom. The smallest absolute Gasteiger partial charge is 0.318 e.